The van der Waals surface area contributed by atoms with Gasteiger partial charge in [0.25, 0.3) is 5.56 Å². The van der Waals surface area contributed by atoms with Gasteiger partial charge in [-0.15, -0.1) is 0 Å². The van der Waals surface area contributed by atoms with E-state index < -0.39 is 0 Å². The molecule has 1 N–H and O–H groups in total. The number of hydrogen-bond donors (Lipinski definition) is 1. The molecule has 0 spiro atoms. The van der Waals surface area contributed by atoms with Gasteiger partial charge in [-0.1, -0.05) is 6.07 Å². The Balaban J connectivity index is 2.55. The van der Waals surface area contributed by atoms with Gasteiger partial charge in [-0.3, -0.25) is 4.79 Å². The average molecular weight is 187 g/mol. The van der Waals surface area contributed by atoms with Crippen LogP contribution in [0, 0.1) is 6.92 Å². The van der Waals surface area contributed by atoms with Crippen molar-refractivity contribution in [2.24, 2.45) is 0 Å². The lowest BCUT2D eigenvalue weighted by molar-refractivity contribution is 1.09. The standard InChI is InChI=1S/C10H9N3O/c1-7-3-2-4-8(12-7)10-11-6-5-9(14)13-10/h2-6H,1H3,(H,11,13,14). The van der Waals surface area contributed by atoms with Crippen molar-refractivity contribution in [2.75, 3.05) is 0 Å². The number of aromatic amines is 1. The molecule has 4 nitrogen and oxygen atoms in total. The van der Waals surface area contributed by atoms with Gasteiger partial charge in [-0.2, -0.15) is 0 Å². The molecule has 0 amide bonds. The molecule has 0 fully saturated rings. The zero-order chi connectivity index (χ0) is 9.97. The Morgan fingerprint density at radius 3 is 2.86 bits per heavy atom. The predicted octanol–water partition coefficient (Wildman–Crippen LogP) is 1.14. The van der Waals surface area contributed by atoms with Crippen molar-refractivity contribution >= 4 is 0 Å². The second-order valence-electron chi connectivity index (χ2n) is 2.95. The molecule has 0 unspecified atom stereocenters. The van der Waals surface area contributed by atoms with Crippen molar-refractivity contribution in [2.45, 2.75) is 6.92 Å². The van der Waals surface area contributed by atoms with Gasteiger partial charge in [0, 0.05) is 18.0 Å². The van der Waals surface area contributed by atoms with Gasteiger partial charge in [-0.05, 0) is 19.1 Å². The van der Waals surface area contributed by atoms with Crippen LogP contribution in [0.15, 0.2) is 35.3 Å². The lowest BCUT2D eigenvalue weighted by atomic mass is 10.3. The number of rotatable bonds is 1. The zero-order valence-corrected chi connectivity index (χ0v) is 7.69. The number of H-pyrrole nitrogens is 1. The molecule has 70 valence electrons. The number of nitrogens with one attached hydrogen (secondary N) is 1. The Bertz CT molecular complexity index is 504. The molecular formula is C10H9N3O. The van der Waals surface area contributed by atoms with E-state index in [0.717, 1.165) is 5.69 Å². The summed E-state index contributed by atoms with van der Waals surface area (Å²) < 4.78 is 0. The Labute approximate surface area is 80.7 Å². The molecule has 2 heterocycles. The fourth-order valence-electron chi connectivity index (χ4n) is 1.18. The maximum Gasteiger partial charge on any atom is 0.251 e. The van der Waals surface area contributed by atoms with Gasteiger partial charge < -0.3 is 4.98 Å². The zero-order valence-electron chi connectivity index (χ0n) is 7.69. The molecule has 0 aliphatic heterocycles. The average Bonchev–Trinajstić information content (AvgIpc) is 2.18. The highest BCUT2D eigenvalue weighted by Gasteiger charge is 2.00. The SMILES string of the molecule is Cc1cccc(-c2nccc(=O)[nH]2)n1. The molecule has 0 bridgehead atoms. The summed E-state index contributed by atoms with van der Waals surface area (Å²) in [6, 6.07) is 6.96. The van der Waals surface area contributed by atoms with Crippen molar-refractivity contribution in [3.8, 4) is 11.5 Å². The number of aromatic nitrogens is 3. The highest BCUT2D eigenvalue weighted by molar-refractivity contribution is 5.48. The molecule has 0 aliphatic rings. The van der Waals surface area contributed by atoms with E-state index in [4.69, 9.17) is 0 Å². The quantitative estimate of drug-likeness (QED) is 0.728. The second kappa shape index (κ2) is 3.41. The van der Waals surface area contributed by atoms with Crippen molar-refractivity contribution in [3.63, 3.8) is 0 Å². The van der Waals surface area contributed by atoms with E-state index in [-0.39, 0.29) is 5.56 Å². The van der Waals surface area contributed by atoms with Gasteiger partial charge >= 0.3 is 0 Å². The molecule has 0 atom stereocenters. The lowest BCUT2D eigenvalue weighted by Gasteiger charge is -1.99. The van der Waals surface area contributed by atoms with Gasteiger partial charge in [0.05, 0.1) is 0 Å². The predicted molar refractivity (Wildman–Crippen MR) is 52.8 cm³/mol. The van der Waals surface area contributed by atoms with Crippen LogP contribution in [-0.4, -0.2) is 15.0 Å². The summed E-state index contributed by atoms with van der Waals surface area (Å²) in [5, 5.41) is 0. The van der Waals surface area contributed by atoms with E-state index in [9.17, 15) is 4.79 Å². The minimum Gasteiger partial charge on any atom is -0.305 e. The summed E-state index contributed by atoms with van der Waals surface area (Å²) in [6.07, 6.45) is 1.47. The van der Waals surface area contributed by atoms with E-state index >= 15 is 0 Å². The molecule has 0 aliphatic carbocycles. The summed E-state index contributed by atoms with van der Waals surface area (Å²) in [5.41, 5.74) is 1.41. The molecule has 0 saturated carbocycles. The number of nitrogens with zero attached hydrogens (tertiary/aromatic N) is 2. The first-order valence-corrected chi connectivity index (χ1v) is 4.25. The Morgan fingerprint density at radius 1 is 1.29 bits per heavy atom. The van der Waals surface area contributed by atoms with E-state index in [1.54, 1.807) is 0 Å². The van der Waals surface area contributed by atoms with Crippen LogP contribution < -0.4 is 5.56 Å². The maximum atomic E-state index is 11.0. The largest absolute Gasteiger partial charge is 0.305 e. The normalized spacial score (nSPS) is 10.1. The molecule has 0 saturated heterocycles. The Morgan fingerprint density at radius 2 is 2.14 bits per heavy atom. The summed E-state index contributed by atoms with van der Waals surface area (Å²) in [4.78, 5) is 21.9. The van der Waals surface area contributed by atoms with Crippen LogP contribution in [-0.2, 0) is 0 Å². The highest BCUT2D eigenvalue weighted by Crippen LogP contribution is 2.09. The van der Waals surface area contributed by atoms with Crippen LogP contribution >= 0.6 is 0 Å². The molecule has 2 aromatic heterocycles. The van der Waals surface area contributed by atoms with Crippen molar-refractivity contribution in [1.29, 1.82) is 0 Å². The lowest BCUT2D eigenvalue weighted by Crippen LogP contribution is -2.06. The number of aryl methyl sites for hydroxylation is 1. The third kappa shape index (κ3) is 1.69. The van der Waals surface area contributed by atoms with Gasteiger partial charge in [0.1, 0.15) is 5.69 Å². The Kier molecular flexibility index (Phi) is 2.10. The van der Waals surface area contributed by atoms with Crippen LogP contribution in [0.1, 0.15) is 5.69 Å². The molecule has 4 heteroatoms. The minimum absolute atomic E-state index is 0.168. The van der Waals surface area contributed by atoms with E-state index in [1.807, 2.05) is 25.1 Å². The first-order chi connectivity index (χ1) is 6.75. The van der Waals surface area contributed by atoms with Crippen LogP contribution in [0.5, 0.6) is 0 Å². The topological polar surface area (TPSA) is 58.6 Å². The van der Waals surface area contributed by atoms with E-state index in [0.29, 0.717) is 11.5 Å². The monoisotopic (exact) mass is 187 g/mol. The van der Waals surface area contributed by atoms with Gasteiger partial charge in [0.15, 0.2) is 5.82 Å². The third-order valence-electron chi connectivity index (χ3n) is 1.80. The van der Waals surface area contributed by atoms with Crippen molar-refractivity contribution in [3.05, 3.63) is 46.5 Å². The van der Waals surface area contributed by atoms with E-state index in [2.05, 4.69) is 15.0 Å². The van der Waals surface area contributed by atoms with Crippen LogP contribution in [0.4, 0.5) is 0 Å². The van der Waals surface area contributed by atoms with E-state index in [1.165, 1.54) is 12.3 Å². The first kappa shape index (κ1) is 8.62. The smallest absolute Gasteiger partial charge is 0.251 e. The summed E-state index contributed by atoms with van der Waals surface area (Å²) in [6.45, 7) is 1.89. The minimum atomic E-state index is -0.168. The van der Waals surface area contributed by atoms with Crippen molar-refractivity contribution < 1.29 is 0 Å². The molecule has 0 aromatic carbocycles. The summed E-state index contributed by atoms with van der Waals surface area (Å²) >= 11 is 0. The molecular weight excluding hydrogens is 178 g/mol. The maximum absolute atomic E-state index is 11.0. The van der Waals surface area contributed by atoms with Gasteiger partial charge in [0.2, 0.25) is 0 Å². The fourth-order valence-corrected chi connectivity index (χ4v) is 1.18. The molecule has 14 heavy (non-hydrogen) atoms. The first-order valence-electron chi connectivity index (χ1n) is 4.25. The number of pyridine rings is 1. The van der Waals surface area contributed by atoms with Crippen molar-refractivity contribution in [1.82, 2.24) is 15.0 Å². The second-order valence-corrected chi connectivity index (χ2v) is 2.95. The van der Waals surface area contributed by atoms with Crippen LogP contribution in [0.3, 0.4) is 0 Å². The molecule has 0 radical (unpaired) electrons. The Hall–Kier alpha value is -1.97. The van der Waals surface area contributed by atoms with Crippen LogP contribution in [0.2, 0.25) is 0 Å². The highest BCUT2D eigenvalue weighted by atomic mass is 16.1. The third-order valence-corrected chi connectivity index (χ3v) is 1.80. The fraction of sp³-hybridized carbons (Fsp3) is 0.100. The summed E-state index contributed by atoms with van der Waals surface area (Å²) in [7, 11) is 0. The van der Waals surface area contributed by atoms with Gasteiger partial charge in [-0.25, -0.2) is 9.97 Å². The molecule has 2 rings (SSSR count). The molecule has 2 aromatic rings. The summed E-state index contributed by atoms with van der Waals surface area (Å²) in [5.74, 6) is 0.501. The number of hydrogen-bond acceptors (Lipinski definition) is 3. The van der Waals surface area contributed by atoms with Crippen LogP contribution in [0.25, 0.3) is 11.5 Å².